The molecular formula is C11H14O2. The minimum atomic E-state index is 0.100. The van der Waals surface area contributed by atoms with Gasteiger partial charge in [0.25, 0.3) is 0 Å². The Morgan fingerprint density at radius 1 is 1.23 bits per heavy atom. The number of aliphatic hydroxyl groups excluding tert-OH is 1. The molecule has 1 aliphatic carbocycles. The maximum absolute atomic E-state index is 8.82. The van der Waals surface area contributed by atoms with Crippen LogP contribution in [0, 0.1) is 5.92 Å². The van der Waals surface area contributed by atoms with Gasteiger partial charge in [0, 0.05) is 0 Å². The molecule has 70 valence electrons. The summed E-state index contributed by atoms with van der Waals surface area (Å²) in [6, 6.07) is 7.60. The van der Waals surface area contributed by atoms with E-state index in [0.29, 0.717) is 0 Å². The van der Waals surface area contributed by atoms with Crippen molar-refractivity contribution in [3.63, 3.8) is 0 Å². The van der Waals surface area contributed by atoms with Crippen molar-refractivity contribution in [1.29, 1.82) is 0 Å². The fourth-order valence-electron chi connectivity index (χ4n) is 1.19. The highest BCUT2D eigenvalue weighted by Crippen LogP contribution is 2.29. The molecule has 2 heteroatoms. The Balaban J connectivity index is 1.88. The number of aliphatic hydroxyl groups is 1. The molecule has 0 spiro atoms. The quantitative estimate of drug-likeness (QED) is 0.763. The van der Waals surface area contributed by atoms with Crippen LogP contribution in [0.2, 0.25) is 0 Å². The first kappa shape index (κ1) is 8.57. The summed E-state index contributed by atoms with van der Waals surface area (Å²) in [6.07, 6.45) is 2.63. The van der Waals surface area contributed by atoms with Crippen LogP contribution in [0.3, 0.4) is 0 Å². The zero-order chi connectivity index (χ0) is 9.10. The predicted molar refractivity (Wildman–Crippen MR) is 50.6 cm³/mol. The third-order valence-electron chi connectivity index (χ3n) is 2.29. The normalized spacial score (nSPS) is 15.8. The molecule has 0 unspecified atom stereocenters. The van der Waals surface area contributed by atoms with Gasteiger partial charge in [-0.1, -0.05) is 12.1 Å². The summed E-state index contributed by atoms with van der Waals surface area (Å²) in [4.78, 5) is 0. The Hall–Kier alpha value is -1.02. The van der Waals surface area contributed by atoms with Crippen LogP contribution in [0.5, 0.6) is 5.75 Å². The highest BCUT2D eigenvalue weighted by atomic mass is 16.5. The molecule has 0 aliphatic heterocycles. The van der Waals surface area contributed by atoms with Crippen LogP contribution in [0.4, 0.5) is 0 Å². The van der Waals surface area contributed by atoms with Crippen LogP contribution in [-0.4, -0.2) is 11.7 Å². The maximum Gasteiger partial charge on any atom is 0.119 e. The van der Waals surface area contributed by atoms with E-state index in [2.05, 4.69) is 0 Å². The van der Waals surface area contributed by atoms with Crippen LogP contribution < -0.4 is 4.74 Å². The molecule has 0 saturated heterocycles. The number of ether oxygens (including phenoxy) is 1. The van der Waals surface area contributed by atoms with Gasteiger partial charge in [-0.2, -0.15) is 0 Å². The molecule has 2 nitrogen and oxygen atoms in total. The van der Waals surface area contributed by atoms with Crippen LogP contribution in [0.25, 0.3) is 0 Å². The number of hydrogen-bond donors (Lipinski definition) is 1. The van der Waals surface area contributed by atoms with Gasteiger partial charge >= 0.3 is 0 Å². The molecular weight excluding hydrogens is 164 g/mol. The molecule has 0 amide bonds. The Morgan fingerprint density at radius 3 is 2.46 bits per heavy atom. The van der Waals surface area contributed by atoms with E-state index in [1.807, 2.05) is 24.3 Å². The highest BCUT2D eigenvalue weighted by Gasteiger charge is 2.21. The van der Waals surface area contributed by atoms with E-state index in [9.17, 15) is 0 Å². The lowest BCUT2D eigenvalue weighted by Crippen LogP contribution is -1.98. The van der Waals surface area contributed by atoms with Crippen molar-refractivity contribution in [3.05, 3.63) is 29.8 Å². The summed E-state index contributed by atoms with van der Waals surface area (Å²) < 4.78 is 5.55. The Bertz CT molecular complexity index is 262. The molecule has 0 heterocycles. The van der Waals surface area contributed by atoms with Crippen molar-refractivity contribution in [2.75, 3.05) is 6.61 Å². The molecule has 1 fully saturated rings. The van der Waals surface area contributed by atoms with Crippen molar-refractivity contribution in [3.8, 4) is 5.75 Å². The topological polar surface area (TPSA) is 29.5 Å². The zero-order valence-electron chi connectivity index (χ0n) is 7.57. The van der Waals surface area contributed by atoms with E-state index < -0.39 is 0 Å². The largest absolute Gasteiger partial charge is 0.493 e. The van der Waals surface area contributed by atoms with Crippen molar-refractivity contribution < 1.29 is 9.84 Å². The fraction of sp³-hybridized carbons (Fsp3) is 0.455. The van der Waals surface area contributed by atoms with Crippen molar-refractivity contribution >= 4 is 0 Å². The second-order valence-electron chi connectivity index (χ2n) is 3.56. The van der Waals surface area contributed by atoms with Crippen LogP contribution in [0.1, 0.15) is 18.4 Å². The standard InChI is InChI=1S/C11H14O2/c12-7-9-3-5-11(6-4-9)13-8-10-1-2-10/h3-6,10,12H,1-2,7-8H2. The second-order valence-corrected chi connectivity index (χ2v) is 3.56. The zero-order valence-corrected chi connectivity index (χ0v) is 7.57. The minimum Gasteiger partial charge on any atom is -0.493 e. The predicted octanol–water partition coefficient (Wildman–Crippen LogP) is 1.97. The lowest BCUT2D eigenvalue weighted by atomic mass is 10.2. The monoisotopic (exact) mass is 178 g/mol. The molecule has 1 aromatic carbocycles. The van der Waals surface area contributed by atoms with Crippen molar-refractivity contribution in [2.24, 2.45) is 5.92 Å². The number of rotatable bonds is 4. The van der Waals surface area contributed by atoms with Crippen molar-refractivity contribution in [1.82, 2.24) is 0 Å². The maximum atomic E-state index is 8.82. The Kier molecular flexibility index (Phi) is 2.50. The van der Waals surface area contributed by atoms with Crippen LogP contribution >= 0.6 is 0 Å². The van der Waals surface area contributed by atoms with Gasteiger partial charge in [0.05, 0.1) is 13.2 Å². The van der Waals surface area contributed by atoms with Gasteiger partial charge in [-0.3, -0.25) is 0 Å². The molecule has 1 aliphatic rings. The fourth-order valence-corrected chi connectivity index (χ4v) is 1.19. The van der Waals surface area contributed by atoms with Gasteiger partial charge in [-0.25, -0.2) is 0 Å². The lowest BCUT2D eigenvalue weighted by molar-refractivity contribution is 0.280. The van der Waals surface area contributed by atoms with E-state index in [0.717, 1.165) is 23.8 Å². The van der Waals surface area contributed by atoms with Gasteiger partial charge in [0.1, 0.15) is 5.75 Å². The van der Waals surface area contributed by atoms with Gasteiger partial charge in [0.15, 0.2) is 0 Å². The first-order valence-corrected chi connectivity index (χ1v) is 4.71. The summed E-state index contributed by atoms with van der Waals surface area (Å²) in [5, 5.41) is 8.82. The summed E-state index contributed by atoms with van der Waals surface area (Å²) in [5.41, 5.74) is 0.929. The molecule has 1 aromatic rings. The summed E-state index contributed by atoms with van der Waals surface area (Å²) in [7, 11) is 0. The second kappa shape index (κ2) is 3.79. The van der Waals surface area contributed by atoms with Crippen LogP contribution in [0.15, 0.2) is 24.3 Å². The lowest BCUT2D eigenvalue weighted by Gasteiger charge is -2.04. The van der Waals surface area contributed by atoms with Gasteiger partial charge in [-0.15, -0.1) is 0 Å². The molecule has 0 bridgehead atoms. The Labute approximate surface area is 78.2 Å². The van der Waals surface area contributed by atoms with Gasteiger partial charge in [-0.05, 0) is 36.5 Å². The molecule has 1 saturated carbocycles. The summed E-state index contributed by atoms with van der Waals surface area (Å²) >= 11 is 0. The highest BCUT2D eigenvalue weighted by molar-refractivity contribution is 5.26. The summed E-state index contributed by atoms with van der Waals surface area (Å²) in [6.45, 7) is 0.946. The first-order valence-electron chi connectivity index (χ1n) is 4.71. The average Bonchev–Trinajstić information content (AvgIpc) is 2.99. The Morgan fingerprint density at radius 2 is 1.92 bits per heavy atom. The molecule has 13 heavy (non-hydrogen) atoms. The molecule has 0 radical (unpaired) electrons. The van der Waals surface area contributed by atoms with E-state index in [1.54, 1.807) is 0 Å². The molecule has 0 atom stereocenters. The third kappa shape index (κ3) is 2.46. The molecule has 1 N–H and O–H groups in total. The van der Waals surface area contributed by atoms with E-state index >= 15 is 0 Å². The van der Waals surface area contributed by atoms with E-state index in [1.165, 1.54) is 12.8 Å². The molecule has 2 rings (SSSR count). The number of benzene rings is 1. The van der Waals surface area contributed by atoms with E-state index in [-0.39, 0.29) is 6.61 Å². The number of hydrogen-bond acceptors (Lipinski definition) is 2. The smallest absolute Gasteiger partial charge is 0.119 e. The van der Waals surface area contributed by atoms with Gasteiger partial charge < -0.3 is 9.84 Å². The third-order valence-corrected chi connectivity index (χ3v) is 2.29. The minimum absolute atomic E-state index is 0.100. The van der Waals surface area contributed by atoms with E-state index in [4.69, 9.17) is 9.84 Å². The van der Waals surface area contributed by atoms with Crippen LogP contribution in [-0.2, 0) is 6.61 Å². The SMILES string of the molecule is OCc1ccc(OCC2CC2)cc1. The first-order chi connectivity index (χ1) is 6.38. The molecule has 0 aromatic heterocycles. The van der Waals surface area contributed by atoms with Gasteiger partial charge in [0.2, 0.25) is 0 Å². The average molecular weight is 178 g/mol. The summed E-state index contributed by atoms with van der Waals surface area (Å²) in [5.74, 6) is 1.70. The van der Waals surface area contributed by atoms with Crippen molar-refractivity contribution in [2.45, 2.75) is 19.4 Å².